The highest BCUT2D eigenvalue weighted by Gasteiger charge is 2.46. The minimum Gasteiger partial charge on any atom is -0.491 e. The van der Waals surface area contributed by atoms with Crippen LogP contribution in [0.1, 0.15) is 34.6 Å². The first kappa shape index (κ1) is 18.5. The zero-order chi connectivity index (χ0) is 18.9. The molecule has 1 amide bonds. The van der Waals surface area contributed by atoms with E-state index in [0.29, 0.717) is 13.2 Å². The van der Waals surface area contributed by atoms with Crippen LogP contribution in [0.25, 0.3) is 10.8 Å². The van der Waals surface area contributed by atoms with Gasteiger partial charge in [0.1, 0.15) is 23.7 Å². The van der Waals surface area contributed by atoms with Gasteiger partial charge in [0.25, 0.3) is 0 Å². The predicted molar refractivity (Wildman–Crippen MR) is 101 cm³/mol. The van der Waals surface area contributed by atoms with Crippen LogP contribution in [-0.4, -0.2) is 41.6 Å². The smallest absolute Gasteiger partial charge is 0.413 e. The quantitative estimate of drug-likeness (QED) is 0.806. The van der Waals surface area contributed by atoms with Crippen molar-refractivity contribution in [2.75, 3.05) is 13.2 Å². The van der Waals surface area contributed by atoms with Gasteiger partial charge in [0.2, 0.25) is 0 Å². The summed E-state index contributed by atoms with van der Waals surface area (Å²) in [5, 5.41) is 2.29. The summed E-state index contributed by atoms with van der Waals surface area (Å²) in [6, 6.07) is 13.9. The number of amides is 1. The molecule has 1 fully saturated rings. The van der Waals surface area contributed by atoms with Crippen molar-refractivity contribution in [3.63, 3.8) is 0 Å². The molecule has 5 nitrogen and oxygen atoms in total. The second-order valence-electron chi connectivity index (χ2n) is 8.08. The van der Waals surface area contributed by atoms with Crippen molar-refractivity contribution in [2.24, 2.45) is 0 Å². The van der Waals surface area contributed by atoms with E-state index in [9.17, 15) is 4.79 Å². The number of rotatable bonds is 3. The Morgan fingerprint density at radius 2 is 1.88 bits per heavy atom. The standard InChI is InChI=1S/C21H27NO4/c1-20(2,3)26-19(23)22-17(14-25-21(22,4)5)13-24-18-11-10-15-8-6-7-9-16(15)12-18/h6-12,17H,13-14H2,1-5H3/t17-/m0/s1. The topological polar surface area (TPSA) is 48.0 Å². The van der Waals surface area contributed by atoms with Crippen molar-refractivity contribution in [3.05, 3.63) is 42.5 Å². The fourth-order valence-corrected chi connectivity index (χ4v) is 3.14. The largest absolute Gasteiger partial charge is 0.491 e. The molecule has 1 atom stereocenters. The van der Waals surface area contributed by atoms with Gasteiger partial charge in [0, 0.05) is 0 Å². The number of ether oxygens (including phenoxy) is 3. The number of fused-ring (bicyclic) bond motifs is 1. The Morgan fingerprint density at radius 3 is 2.58 bits per heavy atom. The van der Waals surface area contributed by atoms with Crippen LogP contribution in [0.3, 0.4) is 0 Å². The molecule has 0 aliphatic carbocycles. The molecule has 2 aromatic carbocycles. The van der Waals surface area contributed by atoms with Gasteiger partial charge in [-0.3, -0.25) is 4.90 Å². The lowest BCUT2D eigenvalue weighted by Crippen LogP contribution is -2.51. The maximum atomic E-state index is 12.6. The molecule has 0 aromatic heterocycles. The van der Waals surface area contributed by atoms with E-state index in [1.165, 1.54) is 5.39 Å². The van der Waals surface area contributed by atoms with Gasteiger partial charge >= 0.3 is 6.09 Å². The Kier molecular flexibility index (Phi) is 4.84. The van der Waals surface area contributed by atoms with Crippen molar-refractivity contribution >= 4 is 16.9 Å². The lowest BCUT2D eigenvalue weighted by atomic mass is 10.1. The van der Waals surface area contributed by atoms with Crippen molar-refractivity contribution in [2.45, 2.75) is 52.0 Å². The number of hydrogen-bond acceptors (Lipinski definition) is 4. The van der Waals surface area contributed by atoms with Gasteiger partial charge < -0.3 is 14.2 Å². The molecule has 1 heterocycles. The second kappa shape index (κ2) is 6.80. The fraction of sp³-hybridized carbons (Fsp3) is 0.476. The molecule has 1 saturated heterocycles. The Hall–Kier alpha value is -2.27. The summed E-state index contributed by atoms with van der Waals surface area (Å²) < 4.78 is 17.3. The van der Waals surface area contributed by atoms with Crippen molar-refractivity contribution < 1.29 is 19.0 Å². The van der Waals surface area contributed by atoms with Crippen LogP contribution in [0.2, 0.25) is 0 Å². The van der Waals surface area contributed by atoms with Crippen LogP contribution >= 0.6 is 0 Å². The molecular formula is C21H27NO4. The van der Waals surface area contributed by atoms with E-state index in [1.807, 2.05) is 65.0 Å². The Morgan fingerprint density at radius 1 is 1.19 bits per heavy atom. The highest BCUT2D eigenvalue weighted by atomic mass is 16.6. The molecule has 0 saturated carbocycles. The molecule has 2 aromatic rings. The van der Waals surface area contributed by atoms with Crippen LogP contribution in [0.15, 0.2) is 42.5 Å². The van der Waals surface area contributed by atoms with Crippen molar-refractivity contribution in [1.29, 1.82) is 0 Å². The molecule has 0 bridgehead atoms. The predicted octanol–water partition coefficient (Wildman–Crippen LogP) is 4.59. The maximum Gasteiger partial charge on any atom is 0.413 e. The Labute approximate surface area is 154 Å². The third-order valence-corrected chi connectivity index (χ3v) is 4.33. The molecule has 5 heteroatoms. The SMILES string of the molecule is CC(C)(C)OC(=O)N1[C@@H](COc2ccc3ccccc3c2)COC1(C)C. The van der Waals surface area contributed by atoms with E-state index in [2.05, 4.69) is 12.1 Å². The van der Waals surface area contributed by atoms with E-state index in [0.717, 1.165) is 11.1 Å². The van der Waals surface area contributed by atoms with Crippen LogP contribution in [0.4, 0.5) is 4.79 Å². The normalized spacial score (nSPS) is 19.6. The molecule has 0 spiro atoms. The minimum absolute atomic E-state index is 0.202. The van der Waals surface area contributed by atoms with Crippen LogP contribution in [0.5, 0.6) is 5.75 Å². The monoisotopic (exact) mass is 357 g/mol. The molecular weight excluding hydrogens is 330 g/mol. The van der Waals surface area contributed by atoms with Crippen molar-refractivity contribution in [1.82, 2.24) is 4.90 Å². The molecule has 1 aliphatic heterocycles. The lowest BCUT2D eigenvalue weighted by molar-refractivity contribution is -0.0637. The van der Waals surface area contributed by atoms with Gasteiger partial charge in [-0.25, -0.2) is 4.79 Å². The summed E-state index contributed by atoms with van der Waals surface area (Å²) in [6.07, 6.45) is -0.382. The highest BCUT2D eigenvalue weighted by molar-refractivity contribution is 5.83. The van der Waals surface area contributed by atoms with Gasteiger partial charge in [-0.2, -0.15) is 0 Å². The number of nitrogens with zero attached hydrogens (tertiary/aromatic N) is 1. The molecule has 1 aliphatic rings. The zero-order valence-electron chi connectivity index (χ0n) is 16.1. The van der Waals surface area contributed by atoms with Crippen LogP contribution in [-0.2, 0) is 9.47 Å². The fourth-order valence-electron chi connectivity index (χ4n) is 3.14. The van der Waals surface area contributed by atoms with E-state index >= 15 is 0 Å². The summed E-state index contributed by atoms with van der Waals surface area (Å²) in [5.74, 6) is 0.776. The van der Waals surface area contributed by atoms with Gasteiger partial charge in [-0.1, -0.05) is 30.3 Å². The van der Waals surface area contributed by atoms with Crippen LogP contribution < -0.4 is 4.74 Å². The third-order valence-electron chi connectivity index (χ3n) is 4.33. The highest BCUT2D eigenvalue weighted by Crippen LogP contribution is 2.30. The van der Waals surface area contributed by atoms with E-state index in [4.69, 9.17) is 14.2 Å². The number of carbonyl (C=O) groups excluding carboxylic acids is 1. The molecule has 3 rings (SSSR count). The van der Waals surface area contributed by atoms with Gasteiger partial charge in [-0.05, 0) is 57.5 Å². The molecule has 140 valence electrons. The second-order valence-corrected chi connectivity index (χ2v) is 8.08. The number of benzene rings is 2. The molecule has 0 radical (unpaired) electrons. The summed E-state index contributed by atoms with van der Waals surface area (Å²) in [5.41, 5.74) is -1.28. The van der Waals surface area contributed by atoms with Gasteiger partial charge in [0.05, 0.1) is 12.6 Å². The lowest BCUT2D eigenvalue weighted by Gasteiger charge is -2.35. The summed E-state index contributed by atoms with van der Waals surface area (Å²) in [4.78, 5) is 14.3. The van der Waals surface area contributed by atoms with Gasteiger partial charge in [-0.15, -0.1) is 0 Å². The Bertz CT molecular complexity index is 794. The number of hydrogen-bond donors (Lipinski definition) is 0. The molecule has 0 N–H and O–H groups in total. The Balaban J connectivity index is 1.71. The first-order chi connectivity index (χ1) is 12.2. The summed E-state index contributed by atoms with van der Waals surface area (Å²) in [7, 11) is 0. The number of carbonyl (C=O) groups is 1. The average Bonchev–Trinajstić information content (AvgIpc) is 2.86. The summed E-state index contributed by atoms with van der Waals surface area (Å²) in [6.45, 7) is 10.1. The maximum absolute atomic E-state index is 12.6. The first-order valence-electron chi connectivity index (χ1n) is 8.94. The van der Waals surface area contributed by atoms with Crippen molar-refractivity contribution in [3.8, 4) is 5.75 Å². The molecule has 26 heavy (non-hydrogen) atoms. The van der Waals surface area contributed by atoms with E-state index in [1.54, 1.807) is 4.90 Å². The van der Waals surface area contributed by atoms with E-state index < -0.39 is 11.3 Å². The van der Waals surface area contributed by atoms with E-state index in [-0.39, 0.29) is 12.1 Å². The zero-order valence-corrected chi connectivity index (χ0v) is 16.1. The minimum atomic E-state index is -0.722. The summed E-state index contributed by atoms with van der Waals surface area (Å²) >= 11 is 0. The third kappa shape index (κ3) is 4.10. The average molecular weight is 357 g/mol. The van der Waals surface area contributed by atoms with Gasteiger partial charge in [0.15, 0.2) is 0 Å². The van der Waals surface area contributed by atoms with Crippen LogP contribution in [0, 0.1) is 0 Å². The first-order valence-corrected chi connectivity index (χ1v) is 8.94. The molecule has 0 unspecified atom stereocenters.